The number of nitrogens with zero attached hydrogens (tertiary/aromatic N) is 1. The van der Waals surface area contributed by atoms with Gasteiger partial charge in [0.1, 0.15) is 5.75 Å². The Balaban J connectivity index is 2.19. The number of phenolic OH excluding ortho intramolecular Hbond substituents is 1. The predicted molar refractivity (Wildman–Crippen MR) is 84.6 cm³/mol. The zero-order chi connectivity index (χ0) is 14.5. The minimum Gasteiger partial charge on any atom is -0.508 e. The Morgan fingerprint density at radius 1 is 1.30 bits per heavy atom. The molecule has 1 unspecified atom stereocenters. The lowest BCUT2D eigenvalue weighted by molar-refractivity contribution is 0.416. The van der Waals surface area contributed by atoms with Gasteiger partial charge in [-0.3, -0.25) is 4.98 Å². The van der Waals surface area contributed by atoms with Crippen LogP contribution in [0.3, 0.4) is 0 Å². The second-order valence-electron chi connectivity index (χ2n) is 4.81. The molecule has 0 aliphatic heterocycles. The fraction of sp³-hybridized carbons (Fsp3) is 0.312. The Kier molecular flexibility index (Phi) is 5.15. The highest BCUT2D eigenvalue weighted by molar-refractivity contribution is 9.10. The van der Waals surface area contributed by atoms with Crippen molar-refractivity contribution in [1.82, 2.24) is 10.3 Å². The summed E-state index contributed by atoms with van der Waals surface area (Å²) in [5.74, 6) is 0.320. The van der Waals surface area contributed by atoms with Crippen molar-refractivity contribution in [1.29, 1.82) is 0 Å². The maximum Gasteiger partial charge on any atom is 0.120 e. The van der Waals surface area contributed by atoms with E-state index in [0.29, 0.717) is 5.75 Å². The molecule has 2 rings (SSSR count). The summed E-state index contributed by atoms with van der Waals surface area (Å²) < 4.78 is 0.969. The van der Waals surface area contributed by atoms with Crippen LogP contribution in [0.15, 0.2) is 47.1 Å². The van der Waals surface area contributed by atoms with E-state index in [1.807, 2.05) is 30.3 Å². The van der Waals surface area contributed by atoms with Crippen LogP contribution >= 0.6 is 15.9 Å². The van der Waals surface area contributed by atoms with Crippen molar-refractivity contribution in [3.8, 4) is 5.75 Å². The van der Waals surface area contributed by atoms with E-state index >= 15 is 0 Å². The maximum absolute atomic E-state index is 10.0. The first-order valence-electron chi connectivity index (χ1n) is 6.77. The van der Waals surface area contributed by atoms with Crippen molar-refractivity contribution >= 4 is 15.9 Å². The fourth-order valence-corrected chi connectivity index (χ4v) is 2.63. The Bertz CT molecular complexity index is 560. The van der Waals surface area contributed by atoms with Gasteiger partial charge in [0.2, 0.25) is 0 Å². The highest BCUT2D eigenvalue weighted by Crippen LogP contribution is 2.30. The van der Waals surface area contributed by atoms with Crippen LogP contribution in [0.25, 0.3) is 0 Å². The normalized spacial score (nSPS) is 13.9. The molecule has 4 heteroatoms. The number of phenols is 1. The van der Waals surface area contributed by atoms with Crippen LogP contribution in [-0.4, -0.2) is 10.1 Å². The van der Waals surface area contributed by atoms with Crippen molar-refractivity contribution in [3.05, 3.63) is 58.3 Å². The molecule has 0 aliphatic rings. The fourth-order valence-electron chi connectivity index (χ4n) is 2.25. The summed E-state index contributed by atoms with van der Waals surface area (Å²) in [5.41, 5.74) is 1.91. The van der Waals surface area contributed by atoms with Crippen LogP contribution in [-0.2, 0) is 0 Å². The number of pyridine rings is 1. The summed E-state index contributed by atoms with van der Waals surface area (Å²) in [5, 5.41) is 13.6. The predicted octanol–water partition coefficient (Wildman–Crippen LogP) is 4.35. The smallest absolute Gasteiger partial charge is 0.120 e. The van der Waals surface area contributed by atoms with Crippen molar-refractivity contribution in [2.45, 2.75) is 32.4 Å². The standard InChI is InChI=1S/C16H19BrN2O/c1-3-14(13-10-12(17)7-8-16(13)20)19-11(2)15-6-4-5-9-18-15/h4-11,14,19-20H,3H2,1-2H3/t11-,14?/m1/s1. The molecule has 1 aromatic carbocycles. The molecule has 1 heterocycles. The van der Waals surface area contributed by atoms with E-state index in [-0.39, 0.29) is 12.1 Å². The topological polar surface area (TPSA) is 45.2 Å². The molecule has 0 spiro atoms. The zero-order valence-electron chi connectivity index (χ0n) is 11.7. The van der Waals surface area contributed by atoms with Gasteiger partial charge in [-0.25, -0.2) is 0 Å². The molecule has 2 aromatic rings. The summed E-state index contributed by atoms with van der Waals surface area (Å²) in [4.78, 5) is 4.37. The van der Waals surface area contributed by atoms with Crippen LogP contribution in [0.5, 0.6) is 5.75 Å². The molecule has 0 saturated carbocycles. The molecule has 20 heavy (non-hydrogen) atoms. The van der Waals surface area contributed by atoms with Gasteiger partial charge in [0.15, 0.2) is 0 Å². The number of hydrogen-bond acceptors (Lipinski definition) is 3. The largest absolute Gasteiger partial charge is 0.508 e. The third-order valence-electron chi connectivity index (χ3n) is 3.36. The van der Waals surface area contributed by atoms with Gasteiger partial charge in [-0.05, 0) is 43.7 Å². The zero-order valence-corrected chi connectivity index (χ0v) is 13.3. The lowest BCUT2D eigenvalue weighted by Crippen LogP contribution is -2.25. The molecule has 2 N–H and O–H groups in total. The molecule has 3 nitrogen and oxygen atoms in total. The number of nitrogens with one attached hydrogen (secondary N) is 1. The second-order valence-corrected chi connectivity index (χ2v) is 5.72. The Labute approximate surface area is 128 Å². The van der Waals surface area contributed by atoms with Gasteiger partial charge in [-0.1, -0.05) is 28.9 Å². The number of hydrogen-bond donors (Lipinski definition) is 2. The highest BCUT2D eigenvalue weighted by atomic mass is 79.9. The first-order valence-corrected chi connectivity index (χ1v) is 7.56. The van der Waals surface area contributed by atoms with Gasteiger partial charge < -0.3 is 10.4 Å². The Morgan fingerprint density at radius 3 is 2.75 bits per heavy atom. The van der Waals surface area contributed by atoms with Crippen LogP contribution in [0.2, 0.25) is 0 Å². The Hall–Kier alpha value is -1.39. The number of aromatic hydroxyl groups is 1. The third kappa shape index (κ3) is 3.58. The SMILES string of the molecule is CCC(N[C@H](C)c1ccccn1)c1cc(Br)ccc1O. The summed E-state index contributed by atoms with van der Waals surface area (Å²) in [6, 6.07) is 11.6. The average Bonchev–Trinajstić information content (AvgIpc) is 2.48. The first kappa shape index (κ1) is 15.0. The van der Waals surface area contributed by atoms with Gasteiger partial charge in [0.05, 0.1) is 5.69 Å². The Morgan fingerprint density at radius 2 is 2.10 bits per heavy atom. The molecule has 0 amide bonds. The lowest BCUT2D eigenvalue weighted by Gasteiger charge is -2.23. The van der Waals surface area contributed by atoms with Gasteiger partial charge in [-0.2, -0.15) is 0 Å². The van der Waals surface area contributed by atoms with E-state index in [1.54, 1.807) is 12.3 Å². The van der Waals surface area contributed by atoms with Crippen LogP contribution < -0.4 is 5.32 Å². The second kappa shape index (κ2) is 6.86. The van der Waals surface area contributed by atoms with Crippen molar-refractivity contribution < 1.29 is 5.11 Å². The minimum atomic E-state index is 0.0875. The summed E-state index contributed by atoms with van der Waals surface area (Å²) >= 11 is 3.45. The third-order valence-corrected chi connectivity index (χ3v) is 3.85. The summed E-state index contributed by atoms with van der Waals surface area (Å²) in [7, 11) is 0. The van der Waals surface area contributed by atoms with Crippen molar-refractivity contribution in [2.24, 2.45) is 0 Å². The van der Waals surface area contributed by atoms with Gasteiger partial charge >= 0.3 is 0 Å². The van der Waals surface area contributed by atoms with Crippen molar-refractivity contribution in [3.63, 3.8) is 0 Å². The highest BCUT2D eigenvalue weighted by Gasteiger charge is 2.17. The molecular weight excluding hydrogens is 316 g/mol. The number of aromatic nitrogens is 1. The van der Waals surface area contributed by atoms with Gasteiger partial charge in [-0.15, -0.1) is 0 Å². The average molecular weight is 335 g/mol. The molecule has 0 fully saturated rings. The van der Waals surface area contributed by atoms with Crippen LogP contribution in [0, 0.1) is 0 Å². The molecule has 0 bridgehead atoms. The summed E-state index contributed by atoms with van der Waals surface area (Å²) in [6.07, 6.45) is 2.69. The van der Waals surface area contributed by atoms with Crippen LogP contribution in [0.1, 0.15) is 43.6 Å². The molecular formula is C16H19BrN2O. The molecule has 0 saturated heterocycles. The summed E-state index contributed by atoms with van der Waals surface area (Å²) in [6.45, 7) is 4.18. The number of benzene rings is 1. The van der Waals surface area contributed by atoms with E-state index in [2.05, 4.69) is 40.1 Å². The van der Waals surface area contributed by atoms with E-state index in [4.69, 9.17) is 0 Å². The van der Waals surface area contributed by atoms with Gasteiger partial charge in [0, 0.05) is 28.3 Å². The first-order chi connectivity index (χ1) is 9.61. The van der Waals surface area contributed by atoms with Crippen molar-refractivity contribution in [2.75, 3.05) is 0 Å². The van der Waals surface area contributed by atoms with E-state index in [1.165, 1.54) is 0 Å². The van der Waals surface area contributed by atoms with Crippen LogP contribution in [0.4, 0.5) is 0 Å². The molecule has 106 valence electrons. The lowest BCUT2D eigenvalue weighted by atomic mass is 10.0. The number of rotatable bonds is 5. The van der Waals surface area contributed by atoms with Gasteiger partial charge in [0.25, 0.3) is 0 Å². The van der Waals surface area contributed by atoms with E-state index in [9.17, 15) is 5.11 Å². The minimum absolute atomic E-state index is 0.0875. The quantitative estimate of drug-likeness (QED) is 0.854. The molecule has 0 aliphatic carbocycles. The number of halogens is 1. The van der Waals surface area contributed by atoms with E-state index < -0.39 is 0 Å². The maximum atomic E-state index is 10.0. The monoisotopic (exact) mass is 334 g/mol. The van der Waals surface area contributed by atoms with E-state index in [0.717, 1.165) is 22.2 Å². The molecule has 0 radical (unpaired) electrons. The molecule has 2 atom stereocenters. The molecule has 1 aromatic heterocycles.